The fourth-order valence-electron chi connectivity index (χ4n) is 4.11. The van der Waals surface area contributed by atoms with Gasteiger partial charge in [0.2, 0.25) is 0 Å². The highest BCUT2D eigenvalue weighted by atomic mass is 35.5. The molecule has 5 heteroatoms. The quantitative estimate of drug-likeness (QED) is 0.694. The summed E-state index contributed by atoms with van der Waals surface area (Å²) in [6, 6.07) is 8.81. The first-order valence-corrected chi connectivity index (χ1v) is 10.4. The maximum absolute atomic E-state index is 5.96. The molecule has 0 fully saturated rings. The molecule has 2 aromatic rings. The number of ether oxygens (including phenoxy) is 2. The molecule has 1 aliphatic carbocycles. The number of rotatable bonds is 6. The van der Waals surface area contributed by atoms with Gasteiger partial charge in [-0.25, -0.2) is 0 Å². The third-order valence-corrected chi connectivity index (χ3v) is 6.38. The van der Waals surface area contributed by atoms with Crippen molar-refractivity contribution >= 4 is 23.7 Å². The number of thiophene rings is 1. The van der Waals surface area contributed by atoms with Crippen molar-refractivity contribution in [3.05, 3.63) is 45.6 Å². The van der Waals surface area contributed by atoms with Crippen LogP contribution in [-0.2, 0) is 12.8 Å². The zero-order valence-electron chi connectivity index (χ0n) is 15.4. The van der Waals surface area contributed by atoms with E-state index >= 15 is 0 Å². The van der Waals surface area contributed by atoms with E-state index in [-0.39, 0.29) is 12.4 Å². The van der Waals surface area contributed by atoms with Crippen molar-refractivity contribution in [3.8, 4) is 11.5 Å². The normalized spacial score (nSPS) is 18.3. The predicted molar refractivity (Wildman–Crippen MR) is 110 cm³/mol. The Morgan fingerprint density at radius 2 is 2.08 bits per heavy atom. The van der Waals surface area contributed by atoms with Crippen LogP contribution in [0.15, 0.2) is 29.6 Å². The minimum Gasteiger partial charge on any atom is -0.486 e. The SMILES string of the molecule is CCN(CCc1cccs1)CC1CCCc2c1ccc1c2OCCO1.Cl. The Bertz CT molecular complexity index is 704. The van der Waals surface area contributed by atoms with Gasteiger partial charge in [-0.05, 0) is 61.2 Å². The molecule has 0 bridgehead atoms. The molecule has 2 heterocycles. The summed E-state index contributed by atoms with van der Waals surface area (Å²) in [6.45, 7) is 7.03. The topological polar surface area (TPSA) is 21.7 Å². The zero-order chi connectivity index (χ0) is 17.1. The molecule has 1 aromatic carbocycles. The maximum Gasteiger partial charge on any atom is 0.164 e. The molecular formula is C21H28ClNO2S. The number of likely N-dealkylation sites (N-methyl/N-ethyl adjacent to an activating group) is 1. The summed E-state index contributed by atoms with van der Waals surface area (Å²) in [4.78, 5) is 4.10. The van der Waals surface area contributed by atoms with Gasteiger partial charge in [-0.2, -0.15) is 0 Å². The van der Waals surface area contributed by atoms with Crippen molar-refractivity contribution in [2.24, 2.45) is 0 Å². The number of benzene rings is 1. The van der Waals surface area contributed by atoms with E-state index < -0.39 is 0 Å². The van der Waals surface area contributed by atoms with E-state index in [0.29, 0.717) is 19.1 Å². The molecule has 1 aliphatic heterocycles. The first kappa shape index (κ1) is 19.5. The van der Waals surface area contributed by atoms with Gasteiger partial charge in [0.1, 0.15) is 13.2 Å². The van der Waals surface area contributed by atoms with Crippen LogP contribution in [0.5, 0.6) is 11.5 Å². The second-order valence-electron chi connectivity index (χ2n) is 6.97. The van der Waals surface area contributed by atoms with Gasteiger partial charge in [-0.1, -0.05) is 19.1 Å². The summed E-state index contributed by atoms with van der Waals surface area (Å²) < 4.78 is 11.7. The molecule has 0 saturated heterocycles. The fourth-order valence-corrected chi connectivity index (χ4v) is 4.81. The lowest BCUT2D eigenvalue weighted by Gasteiger charge is -2.33. The smallest absolute Gasteiger partial charge is 0.164 e. The van der Waals surface area contributed by atoms with Crippen LogP contribution < -0.4 is 9.47 Å². The van der Waals surface area contributed by atoms with Gasteiger partial charge in [-0.3, -0.25) is 0 Å². The molecule has 1 aromatic heterocycles. The Kier molecular flexibility index (Phi) is 6.85. The third kappa shape index (κ3) is 4.19. The lowest BCUT2D eigenvalue weighted by molar-refractivity contribution is 0.168. The van der Waals surface area contributed by atoms with Gasteiger partial charge >= 0.3 is 0 Å². The third-order valence-electron chi connectivity index (χ3n) is 5.45. The Morgan fingerprint density at radius 1 is 1.19 bits per heavy atom. The van der Waals surface area contributed by atoms with Gasteiger partial charge in [0, 0.05) is 23.5 Å². The van der Waals surface area contributed by atoms with Crippen LogP contribution in [0.2, 0.25) is 0 Å². The summed E-state index contributed by atoms with van der Waals surface area (Å²) in [6.07, 6.45) is 4.81. The lowest BCUT2D eigenvalue weighted by Crippen LogP contribution is -2.32. The largest absolute Gasteiger partial charge is 0.486 e. The first-order valence-electron chi connectivity index (χ1n) is 9.51. The van der Waals surface area contributed by atoms with Gasteiger partial charge in [0.15, 0.2) is 11.5 Å². The van der Waals surface area contributed by atoms with Crippen molar-refractivity contribution in [2.45, 2.75) is 38.5 Å². The van der Waals surface area contributed by atoms with Crippen molar-refractivity contribution < 1.29 is 9.47 Å². The fraction of sp³-hybridized carbons (Fsp3) is 0.524. The number of nitrogens with zero attached hydrogens (tertiary/aromatic N) is 1. The van der Waals surface area contributed by atoms with Crippen molar-refractivity contribution in [3.63, 3.8) is 0 Å². The van der Waals surface area contributed by atoms with Gasteiger partial charge in [0.05, 0.1) is 0 Å². The van der Waals surface area contributed by atoms with Crippen LogP contribution in [0, 0.1) is 0 Å². The second-order valence-corrected chi connectivity index (χ2v) is 8.00. The van der Waals surface area contributed by atoms with Gasteiger partial charge < -0.3 is 14.4 Å². The maximum atomic E-state index is 5.96. The van der Waals surface area contributed by atoms with E-state index in [9.17, 15) is 0 Å². The lowest BCUT2D eigenvalue weighted by atomic mass is 9.81. The second kappa shape index (κ2) is 9.12. The summed E-state index contributed by atoms with van der Waals surface area (Å²) in [5.74, 6) is 2.58. The van der Waals surface area contributed by atoms with E-state index in [0.717, 1.165) is 44.0 Å². The average Bonchev–Trinajstić information content (AvgIpc) is 3.18. The molecule has 0 saturated carbocycles. The zero-order valence-corrected chi connectivity index (χ0v) is 17.0. The molecule has 0 amide bonds. The van der Waals surface area contributed by atoms with Crippen LogP contribution in [0.25, 0.3) is 0 Å². The monoisotopic (exact) mass is 393 g/mol. The summed E-state index contributed by atoms with van der Waals surface area (Å²) >= 11 is 1.87. The van der Waals surface area contributed by atoms with E-state index in [4.69, 9.17) is 9.47 Å². The molecule has 1 unspecified atom stereocenters. The standard InChI is InChI=1S/C21H27NO2S.ClH/c1-2-22(11-10-17-6-4-14-25-17)15-16-5-3-7-19-18(16)8-9-20-21(19)24-13-12-23-20;/h4,6,8-9,14,16H,2-3,5,7,10-13,15H2,1H3;1H. The van der Waals surface area contributed by atoms with E-state index in [1.165, 1.54) is 28.8 Å². The highest BCUT2D eigenvalue weighted by Gasteiger charge is 2.27. The molecule has 2 aliphatic rings. The molecule has 1 atom stereocenters. The van der Waals surface area contributed by atoms with Crippen LogP contribution in [-0.4, -0.2) is 37.7 Å². The van der Waals surface area contributed by atoms with E-state index in [1.54, 1.807) is 0 Å². The van der Waals surface area contributed by atoms with Crippen molar-refractivity contribution in [1.82, 2.24) is 4.90 Å². The van der Waals surface area contributed by atoms with E-state index in [2.05, 4.69) is 41.5 Å². The molecular weight excluding hydrogens is 366 g/mol. The van der Waals surface area contributed by atoms with Crippen LogP contribution >= 0.6 is 23.7 Å². The Morgan fingerprint density at radius 3 is 2.88 bits per heavy atom. The first-order chi connectivity index (χ1) is 12.3. The predicted octanol–water partition coefficient (Wildman–Crippen LogP) is 4.93. The summed E-state index contributed by atoms with van der Waals surface area (Å²) in [5, 5.41) is 2.17. The van der Waals surface area contributed by atoms with Crippen LogP contribution in [0.1, 0.15) is 41.7 Å². The minimum atomic E-state index is 0. The number of halogens is 1. The Labute approximate surface area is 166 Å². The van der Waals surface area contributed by atoms with Crippen molar-refractivity contribution in [1.29, 1.82) is 0 Å². The number of hydrogen-bond donors (Lipinski definition) is 0. The molecule has 142 valence electrons. The summed E-state index contributed by atoms with van der Waals surface area (Å²) in [7, 11) is 0. The van der Waals surface area contributed by atoms with Crippen LogP contribution in [0.4, 0.5) is 0 Å². The molecule has 0 spiro atoms. The van der Waals surface area contributed by atoms with Gasteiger partial charge in [-0.15, -0.1) is 23.7 Å². The Hall–Kier alpha value is -1.23. The van der Waals surface area contributed by atoms with Gasteiger partial charge in [0.25, 0.3) is 0 Å². The Balaban J connectivity index is 0.00000196. The molecule has 0 N–H and O–H groups in total. The highest BCUT2D eigenvalue weighted by molar-refractivity contribution is 7.09. The summed E-state index contributed by atoms with van der Waals surface area (Å²) in [5.41, 5.74) is 2.90. The molecule has 26 heavy (non-hydrogen) atoms. The molecule has 3 nitrogen and oxygen atoms in total. The molecule has 0 radical (unpaired) electrons. The highest BCUT2D eigenvalue weighted by Crippen LogP contribution is 2.43. The average molecular weight is 394 g/mol. The van der Waals surface area contributed by atoms with Crippen molar-refractivity contribution in [2.75, 3.05) is 32.8 Å². The number of fused-ring (bicyclic) bond motifs is 3. The minimum absolute atomic E-state index is 0. The van der Waals surface area contributed by atoms with E-state index in [1.807, 2.05) is 11.3 Å². The number of hydrogen-bond acceptors (Lipinski definition) is 4. The van der Waals surface area contributed by atoms with Crippen LogP contribution in [0.3, 0.4) is 0 Å². The molecule has 4 rings (SSSR count).